The molecule has 2 N–H and O–H groups in total. The van der Waals surface area contributed by atoms with Crippen molar-refractivity contribution in [3.63, 3.8) is 0 Å². The first-order valence-corrected chi connectivity index (χ1v) is 12.0. The summed E-state index contributed by atoms with van der Waals surface area (Å²) in [7, 11) is -3.95. The number of likely N-dealkylation sites (N-methyl/N-ethyl adjacent to an activating group) is 1. The maximum absolute atomic E-state index is 13.7. The van der Waals surface area contributed by atoms with E-state index in [4.69, 9.17) is 0 Å². The largest absolute Gasteiger partial charge is 0.352 e. The van der Waals surface area contributed by atoms with Crippen molar-refractivity contribution in [2.75, 3.05) is 50.5 Å². The molecule has 2 aromatic carbocycles. The summed E-state index contributed by atoms with van der Waals surface area (Å²) in [5, 5.41) is 2.87. The summed E-state index contributed by atoms with van der Waals surface area (Å²) >= 11 is 0. The minimum atomic E-state index is -3.95. The third-order valence-electron chi connectivity index (χ3n) is 5.39. The molecule has 7 nitrogen and oxygen atoms in total. The summed E-state index contributed by atoms with van der Waals surface area (Å²) in [6, 6.07) is 11.1. The first-order chi connectivity index (χ1) is 14.9. The third-order valence-corrected chi connectivity index (χ3v) is 6.78. The molecule has 1 saturated heterocycles. The molecule has 1 aliphatic rings. The molecular weight excluding hydrogens is 419 g/mol. The van der Waals surface area contributed by atoms with Crippen LogP contribution in [0.5, 0.6) is 0 Å². The highest BCUT2D eigenvalue weighted by Crippen LogP contribution is 2.19. The first kappa shape index (κ1) is 23.2. The number of nitrogens with zero attached hydrogens (tertiary/aromatic N) is 2. The van der Waals surface area contributed by atoms with Gasteiger partial charge in [0.15, 0.2) is 0 Å². The second kappa shape index (κ2) is 10.7. The van der Waals surface area contributed by atoms with E-state index >= 15 is 0 Å². The zero-order valence-corrected chi connectivity index (χ0v) is 18.5. The van der Waals surface area contributed by atoms with E-state index in [0.29, 0.717) is 12.1 Å². The highest BCUT2D eigenvalue weighted by atomic mass is 32.2. The number of piperazine rings is 1. The summed E-state index contributed by atoms with van der Waals surface area (Å²) < 4.78 is 40.8. The van der Waals surface area contributed by atoms with E-state index in [1.807, 2.05) is 0 Å². The maximum atomic E-state index is 13.7. The zero-order chi connectivity index (χ0) is 22.3. The average Bonchev–Trinajstić information content (AvgIpc) is 2.78. The number of carbonyl (C=O) groups excluding carboxylic acids is 1. The number of para-hydroxylation sites is 1. The highest BCUT2D eigenvalue weighted by Gasteiger charge is 2.17. The molecule has 0 unspecified atom stereocenters. The summed E-state index contributed by atoms with van der Waals surface area (Å²) in [6.45, 7) is 9.04. The minimum Gasteiger partial charge on any atom is -0.352 e. The molecule has 1 aliphatic heterocycles. The second-order valence-electron chi connectivity index (χ2n) is 7.50. The van der Waals surface area contributed by atoms with Crippen LogP contribution >= 0.6 is 0 Å². The monoisotopic (exact) mass is 448 g/mol. The quantitative estimate of drug-likeness (QED) is 0.576. The minimum absolute atomic E-state index is 0.0430. The predicted molar refractivity (Wildman–Crippen MR) is 119 cm³/mol. The fourth-order valence-electron chi connectivity index (χ4n) is 3.47. The van der Waals surface area contributed by atoms with Crippen LogP contribution in [-0.4, -0.2) is 69.9 Å². The van der Waals surface area contributed by atoms with Crippen LogP contribution in [0.1, 0.15) is 23.7 Å². The Hall–Kier alpha value is -2.49. The van der Waals surface area contributed by atoms with Gasteiger partial charge in [-0.25, -0.2) is 12.8 Å². The van der Waals surface area contributed by atoms with Gasteiger partial charge >= 0.3 is 0 Å². The standard InChI is InChI=1S/C22H29FN4O3S/c1-2-26-14-16-27(17-15-26)13-5-12-24-22(28)18-8-10-19(11-9-18)31(29,30)25-21-7-4-3-6-20(21)23/h3-4,6-11,25H,2,5,12-17H2,1H3,(H,24,28). The fourth-order valence-corrected chi connectivity index (χ4v) is 4.54. The van der Waals surface area contributed by atoms with E-state index in [9.17, 15) is 17.6 Å². The lowest BCUT2D eigenvalue weighted by molar-refractivity contribution is 0.0948. The molecule has 0 atom stereocenters. The number of rotatable bonds is 9. The summed E-state index contributed by atoms with van der Waals surface area (Å²) in [6.07, 6.45) is 0.858. The van der Waals surface area contributed by atoms with Crippen molar-refractivity contribution in [3.8, 4) is 0 Å². The van der Waals surface area contributed by atoms with E-state index in [1.165, 1.54) is 42.5 Å². The highest BCUT2D eigenvalue weighted by molar-refractivity contribution is 7.92. The summed E-state index contributed by atoms with van der Waals surface area (Å²) in [5.41, 5.74) is 0.252. The van der Waals surface area contributed by atoms with Gasteiger partial charge in [-0.1, -0.05) is 19.1 Å². The van der Waals surface area contributed by atoms with Crippen LogP contribution < -0.4 is 10.0 Å². The van der Waals surface area contributed by atoms with Crippen LogP contribution in [0, 0.1) is 5.82 Å². The molecule has 0 aliphatic carbocycles. The smallest absolute Gasteiger partial charge is 0.261 e. The lowest BCUT2D eigenvalue weighted by atomic mass is 10.2. The molecule has 0 aromatic heterocycles. The van der Waals surface area contributed by atoms with Gasteiger partial charge in [-0.3, -0.25) is 9.52 Å². The van der Waals surface area contributed by atoms with Crippen molar-refractivity contribution in [2.45, 2.75) is 18.2 Å². The summed E-state index contributed by atoms with van der Waals surface area (Å²) in [4.78, 5) is 17.1. The number of hydrogen-bond donors (Lipinski definition) is 2. The molecule has 0 radical (unpaired) electrons. The van der Waals surface area contributed by atoms with Gasteiger partial charge in [0.1, 0.15) is 5.82 Å². The van der Waals surface area contributed by atoms with Gasteiger partial charge in [0.2, 0.25) is 0 Å². The first-order valence-electron chi connectivity index (χ1n) is 10.5. The third kappa shape index (κ3) is 6.49. The van der Waals surface area contributed by atoms with Gasteiger partial charge in [0, 0.05) is 38.3 Å². The van der Waals surface area contributed by atoms with Crippen molar-refractivity contribution >= 4 is 21.6 Å². The number of anilines is 1. The Morgan fingerprint density at radius 1 is 1.00 bits per heavy atom. The van der Waals surface area contributed by atoms with E-state index in [0.717, 1.165) is 45.7 Å². The lowest BCUT2D eigenvalue weighted by Crippen LogP contribution is -2.46. The van der Waals surface area contributed by atoms with Crippen LogP contribution in [-0.2, 0) is 10.0 Å². The van der Waals surface area contributed by atoms with Crippen LogP contribution in [0.25, 0.3) is 0 Å². The Labute approximate surface area is 183 Å². The van der Waals surface area contributed by atoms with Crippen LogP contribution in [0.15, 0.2) is 53.4 Å². The van der Waals surface area contributed by atoms with Crippen LogP contribution in [0.4, 0.5) is 10.1 Å². The van der Waals surface area contributed by atoms with Gasteiger partial charge in [-0.05, 0) is 55.9 Å². The topological polar surface area (TPSA) is 81.8 Å². The molecular formula is C22H29FN4O3S. The van der Waals surface area contributed by atoms with E-state index < -0.39 is 15.8 Å². The SMILES string of the molecule is CCN1CCN(CCCNC(=O)c2ccc(S(=O)(=O)Nc3ccccc3F)cc2)CC1. The molecule has 1 fully saturated rings. The van der Waals surface area contributed by atoms with Crippen molar-refractivity contribution in [1.82, 2.24) is 15.1 Å². The molecule has 1 heterocycles. The number of hydrogen-bond acceptors (Lipinski definition) is 5. The van der Waals surface area contributed by atoms with Crippen molar-refractivity contribution in [2.24, 2.45) is 0 Å². The Balaban J connectivity index is 1.47. The zero-order valence-electron chi connectivity index (χ0n) is 17.7. The van der Waals surface area contributed by atoms with Crippen LogP contribution in [0.2, 0.25) is 0 Å². The molecule has 0 bridgehead atoms. The number of sulfonamides is 1. The molecule has 9 heteroatoms. The van der Waals surface area contributed by atoms with E-state index in [2.05, 4.69) is 26.8 Å². The molecule has 168 valence electrons. The van der Waals surface area contributed by atoms with Gasteiger partial charge in [-0.15, -0.1) is 0 Å². The molecule has 0 saturated carbocycles. The Morgan fingerprint density at radius 3 is 2.29 bits per heavy atom. The number of halogens is 1. The van der Waals surface area contributed by atoms with E-state index in [1.54, 1.807) is 6.07 Å². The fraction of sp³-hybridized carbons (Fsp3) is 0.409. The predicted octanol–water partition coefficient (Wildman–Crippen LogP) is 2.38. The summed E-state index contributed by atoms with van der Waals surface area (Å²) in [5.74, 6) is -0.906. The van der Waals surface area contributed by atoms with Crippen LogP contribution in [0.3, 0.4) is 0 Å². The average molecular weight is 449 g/mol. The molecule has 0 spiro atoms. The number of nitrogens with one attached hydrogen (secondary N) is 2. The van der Waals surface area contributed by atoms with Crippen molar-refractivity contribution < 1.29 is 17.6 Å². The van der Waals surface area contributed by atoms with Gasteiger partial charge in [-0.2, -0.15) is 0 Å². The van der Waals surface area contributed by atoms with E-state index in [-0.39, 0.29) is 16.5 Å². The molecule has 31 heavy (non-hydrogen) atoms. The Bertz CT molecular complexity index is 975. The maximum Gasteiger partial charge on any atom is 0.261 e. The second-order valence-corrected chi connectivity index (χ2v) is 9.18. The Kier molecular flexibility index (Phi) is 8.00. The lowest BCUT2D eigenvalue weighted by Gasteiger charge is -2.33. The number of amides is 1. The molecule has 1 amide bonds. The normalized spacial score (nSPS) is 15.5. The van der Waals surface area contributed by atoms with Crippen molar-refractivity contribution in [1.29, 1.82) is 0 Å². The van der Waals surface area contributed by atoms with Gasteiger partial charge < -0.3 is 15.1 Å². The molecule has 3 rings (SSSR count). The number of carbonyl (C=O) groups is 1. The Morgan fingerprint density at radius 2 is 1.65 bits per heavy atom. The molecule has 2 aromatic rings. The number of benzene rings is 2. The van der Waals surface area contributed by atoms with Crippen molar-refractivity contribution in [3.05, 3.63) is 59.9 Å². The van der Waals surface area contributed by atoms with Gasteiger partial charge in [0.05, 0.1) is 10.6 Å². The van der Waals surface area contributed by atoms with Gasteiger partial charge in [0.25, 0.3) is 15.9 Å².